The average Bonchev–Trinajstić information content (AvgIpc) is 3.11. The summed E-state index contributed by atoms with van der Waals surface area (Å²) in [7, 11) is 0. The largest absolute Gasteiger partial charge is 0.490 e. The van der Waals surface area contributed by atoms with Crippen LogP contribution in [0.4, 0.5) is 0 Å². The van der Waals surface area contributed by atoms with Crippen molar-refractivity contribution in [3.05, 3.63) is 99.9 Å². The number of hydrogen-bond acceptors (Lipinski definition) is 6. The Kier molecular flexibility index (Phi) is 7.84. The molecule has 0 unspecified atom stereocenters. The van der Waals surface area contributed by atoms with Gasteiger partial charge >= 0.3 is 0 Å². The molecule has 0 spiro atoms. The van der Waals surface area contributed by atoms with Crippen LogP contribution in [0.1, 0.15) is 15.9 Å². The van der Waals surface area contributed by atoms with E-state index < -0.39 is 11.8 Å². The van der Waals surface area contributed by atoms with Crippen LogP contribution in [-0.4, -0.2) is 34.4 Å². The molecule has 1 aliphatic rings. The number of carbonyl (C=O) groups excluding carboxylic acids is 2. The summed E-state index contributed by atoms with van der Waals surface area (Å²) in [5, 5.41) is 1.58. The predicted molar refractivity (Wildman–Crippen MR) is 138 cm³/mol. The topological polar surface area (TPSA) is 67.9 Å². The Labute approximate surface area is 211 Å². The number of amides is 2. The summed E-state index contributed by atoms with van der Waals surface area (Å²) in [5.74, 6) is 0.495. The molecule has 2 amide bonds. The van der Waals surface area contributed by atoms with Crippen molar-refractivity contribution in [2.75, 3.05) is 13.2 Å². The zero-order valence-electron chi connectivity index (χ0n) is 17.8. The van der Waals surface area contributed by atoms with Crippen LogP contribution in [0.2, 0.25) is 5.02 Å². The van der Waals surface area contributed by atoms with Gasteiger partial charge in [0.05, 0.1) is 4.91 Å². The molecule has 1 N–H and O–H groups in total. The molecule has 0 atom stereocenters. The molecule has 34 heavy (non-hydrogen) atoms. The Hall–Kier alpha value is -3.33. The lowest BCUT2D eigenvalue weighted by molar-refractivity contribution is -0.123. The summed E-state index contributed by atoms with van der Waals surface area (Å²) in [4.78, 5) is 25.8. The minimum atomic E-state index is -0.462. The van der Waals surface area contributed by atoms with E-state index in [-0.39, 0.29) is 4.32 Å². The maximum absolute atomic E-state index is 12.9. The molecule has 172 valence electrons. The molecule has 1 heterocycles. The van der Waals surface area contributed by atoms with Gasteiger partial charge in [-0.3, -0.25) is 15.0 Å². The summed E-state index contributed by atoms with van der Waals surface area (Å²) in [6, 6.07) is 23.2. The van der Waals surface area contributed by atoms with E-state index in [9.17, 15) is 9.59 Å². The highest BCUT2D eigenvalue weighted by molar-refractivity contribution is 8.26. The Morgan fingerprint density at radius 2 is 1.65 bits per heavy atom. The standard InChI is InChI=1S/C25H19ClN2O4S2/c26-19-12-10-17(11-13-19)23(29)27-28-24(30)22(34-25(28)33)16-18-6-4-5-9-21(18)32-15-14-31-20-7-2-1-3-8-20/h1-13,16H,14-15H2,(H,27,29)/b22-16+. The van der Waals surface area contributed by atoms with E-state index in [2.05, 4.69) is 5.43 Å². The third kappa shape index (κ3) is 5.96. The van der Waals surface area contributed by atoms with Gasteiger partial charge in [0.15, 0.2) is 4.32 Å². The summed E-state index contributed by atoms with van der Waals surface area (Å²) in [6.45, 7) is 0.703. The first-order valence-electron chi connectivity index (χ1n) is 10.3. The van der Waals surface area contributed by atoms with Crippen molar-refractivity contribution in [2.45, 2.75) is 0 Å². The quantitative estimate of drug-likeness (QED) is 0.250. The van der Waals surface area contributed by atoms with Gasteiger partial charge in [0.2, 0.25) is 0 Å². The van der Waals surface area contributed by atoms with E-state index in [4.69, 9.17) is 33.3 Å². The van der Waals surface area contributed by atoms with E-state index in [0.717, 1.165) is 22.5 Å². The highest BCUT2D eigenvalue weighted by Crippen LogP contribution is 2.33. The van der Waals surface area contributed by atoms with Crippen molar-refractivity contribution in [1.29, 1.82) is 0 Å². The smallest absolute Gasteiger partial charge is 0.285 e. The zero-order valence-corrected chi connectivity index (χ0v) is 20.2. The highest BCUT2D eigenvalue weighted by atomic mass is 35.5. The zero-order chi connectivity index (χ0) is 23.9. The third-order valence-corrected chi connectivity index (χ3v) is 6.23. The molecule has 0 aliphatic carbocycles. The van der Waals surface area contributed by atoms with Crippen LogP contribution in [0.15, 0.2) is 83.8 Å². The second-order valence-corrected chi connectivity index (χ2v) is 9.12. The Balaban J connectivity index is 1.40. The van der Waals surface area contributed by atoms with Crippen LogP contribution >= 0.6 is 35.6 Å². The summed E-state index contributed by atoms with van der Waals surface area (Å²) in [6.07, 6.45) is 1.70. The lowest BCUT2D eigenvalue weighted by Crippen LogP contribution is -2.44. The first-order chi connectivity index (χ1) is 16.5. The molecule has 9 heteroatoms. The molecule has 1 fully saturated rings. The van der Waals surface area contributed by atoms with Gasteiger partial charge in [0, 0.05) is 16.1 Å². The van der Waals surface area contributed by atoms with Crippen molar-refractivity contribution in [2.24, 2.45) is 0 Å². The fourth-order valence-corrected chi connectivity index (χ4v) is 4.33. The molecule has 0 saturated carbocycles. The number of nitrogens with one attached hydrogen (secondary N) is 1. The molecule has 6 nitrogen and oxygen atoms in total. The Morgan fingerprint density at radius 1 is 0.971 bits per heavy atom. The number of hydrogen-bond donors (Lipinski definition) is 1. The van der Waals surface area contributed by atoms with Crippen molar-refractivity contribution in [3.8, 4) is 11.5 Å². The van der Waals surface area contributed by atoms with Gasteiger partial charge < -0.3 is 9.47 Å². The van der Waals surface area contributed by atoms with E-state index in [0.29, 0.717) is 40.0 Å². The molecule has 3 aromatic carbocycles. The minimum Gasteiger partial charge on any atom is -0.490 e. The normalized spacial score (nSPS) is 14.4. The number of carbonyl (C=O) groups is 2. The number of thiocarbonyl (C=S) groups is 1. The number of benzene rings is 3. The van der Waals surface area contributed by atoms with Crippen molar-refractivity contribution in [1.82, 2.24) is 10.4 Å². The van der Waals surface area contributed by atoms with Crippen molar-refractivity contribution < 1.29 is 19.1 Å². The maximum atomic E-state index is 12.9. The van der Waals surface area contributed by atoms with E-state index >= 15 is 0 Å². The number of nitrogens with zero attached hydrogens (tertiary/aromatic N) is 1. The molecule has 0 bridgehead atoms. The molecule has 0 radical (unpaired) electrons. The van der Waals surface area contributed by atoms with Crippen LogP contribution in [0.3, 0.4) is 0 Å². The van der Waals surface area contributed by atoms with E-state index in [1.165, 1.54) is 0 Å². The number of thioether (sulfide) groups is 1. The van der Waals surface area contributed by atoms with Crippen LogP contribution in [-0.2, 0) is 4.79 Å². The van der Waals surface area contributed by atoms with Crippen molar-refractivity contribution in [3.63, 3.8) is 0 Å². The Bertz CT molecular complexity index is 1230. The van der Waals surface area contributed by atoms with Gasteiger partial charge in [-0.1, -0.05) is 59.8 Å². The fourth-order valence-electron chi connectivity index (χ4n) is 3.03. The Morgan fingerprint density at radius 3 is 2.41 bits per heavy atom. The number of hydrazine groups is 1. The number of para-hydroxylation sites is 2. The molecular weight excluding hydrogens is 492 g/mol. The van der Waals surface area contributed by atoms with E-state index in [1.54, 1.807) is 30.3 Å². The van der Waals surface area contributed by atoms with E-state index in [1.807, 2.05) is 54.6 Å². The number of halogens is 1. The molecule has 1 aliphatic heterocycles. The first-order valence-corrected chi connectivity index (χ1v) is 11.9. The van der Waals surface area contributed by atoms with Crippen LogP contribution < -0.4 is 14.9 Å². The van der Waals surface area contributed by atoms with Crippen LogP contribution in [0.5, 0.6) is 11.5 Å². The van der Waals surface area contributed by atoms with Gasteiger partial charge in [-0.15, -0.1) is 0 Å². The van der Waals surface area contributed by atoms with Crippen molar-refractivity contribution >= 4 is 57.8 Å². The summed E-state index contributed by atoms with van der Waals surface area (Å²) in [5.41, 5.74) is 3.63. The molecule has 1 saturated heterocycles. The van der Waals surface area contributed by atoms with Gasteiger partial charge in [0.1, 0.15) is 24.7 Å². The van der Waals surface area contributed by atoms with Gasteiger partial charge in [-0.25, -0.2) is 0 Å². The first kappa shape index (κ1) is 23.8. The third-order valence-electron chi connectivity index (χ3n) is 4.67. The second kappa shape index (κ2) is 11.2. The molecule has 4 rings (SSSR count). The maximum Gasteiger partial charge on any atom is 0.285 e. The molecule has 0 aromatic heterocycles. The van der Waals surface area contributed by atoms with Crippen LogP contribution in [0.25, 0.3) is 6.08 Å². The monoisotopic (exact) mass is 510 g/mol. The highest BCUT2D eigenvalue weighted by Gasteiger charge is 2.34. The SMILES string of the molecule is O=C(NN1C(=O)/C(=C\c2ccccc2OCCOc2ccccc2)SC1=S)c1ccc(Cl)cc1. The fraction of sp³-hybridized carbons (Fsp3) is 0.0800. The molecular formula is C25H19ClN2O4S2. The second-order valence-electron chi connectivity index (χ2n) is 7.01. The predicted octanol–water partition coefficient (Wildman–Crippen LogP) is 5.34. The molecule has 3 aromatic rings. The average molecular weight is 511 g/mol. The lowest BCUT2D eigenvalue weighted by Gasteiger charge is -2.15. The number of ether oxygens (including phenoxy) is 2. The minimum absolute atomic E-state index is 0.230. The van der Waals surface area contributed by atoms with Gasteiger partial charge in [-0.05, 0) is 60.8 Å². The van der Waals surface area contributed by atoms with Crippen LogP contribution in [0, 0.1) is 0 Å². The number of rotatable bonds is 8. The lowest BCUT2D eigenvalue weighted by atomic mass is 10.2. The van der Waals surface area contributed by atoms with Gasteiger partial charge in [0.25, 0.3) is 11.8 Å². The summed E-state index contributed by atoms with van der Waals surface area (Å²) >= 11 is 12.3. The summed E-state index contributed by atoms with van der Waals surface area (Å²) < 4.78 is 11.8. The van der Waals surface area contributed by atoms with Gasteiger partial charge in [-0.2, -0.15) is 5.01 Å².